The summed E-state index contributed by atoms with van der Waals surface area (Å²) in [5, 5.41) is 11.4. The van der Waals surface area contributed by atoms with E-state index in [0.29, 0.717) is 40.8 Å². The first-order valence-electron chi connectivity index (χ1n) is 14.3. The Morgan fingerprint density at radius 1 is 0.822 bits per heavy atom. The van der Waals surface area contributed by atoms with Crippen LogP contribution in [0.2, 0.25) is 0 Å². The number of benzene rings is 4. The number of nitrogens with one attached hydrogen (secondary N) is 3. The van der Waals surface area contributed by atoms with Gasteiger partial charge in [-0.3, -0.25) is 14.4 Å². The van der Waals surface area contributed by atoms with Crippen LogP contribution in [0.1, 0.15) is 42.4 Å². The first kappa shape index (κ1) is 31.0. The van der Waals surface area contributed by atoms with E-state index in [9.17, 15) is 14.4 Å². The van der Waals surface area contributed by atoms with E-state index in [1.807, 2.05) is 80.6 Å². The van der Waals surface area contributed by atoms with Crippen molar-refractivity contribution < 1.29 is 19.1 Å². The van der Waals surface area contributed by atoms with Gasteiger partial charge in [-0.2, -0.15) is 0 Å². The van der Waals surface area contributed by atoms with Gasteiger partial charge < -0.3 is 26.4 Å². The molecular weight excluding hydrogens is 586 g/mol. The summed E-state index contributed by atoms with van der Waals surface area (Å²) >= 11 is 1.27. The molecule has 0 aliphatic rings. The van der Waals surface area contributed by atoms with E-state index in [0.717, 1.165) is 33.4 Å². The molecule has 0 aliphatic carbocycles. The quantitative estimate of drug-likeness (QED) is 0.134. The molecule has 0 bridgehead atoms. The van der Waals surface area contributed by atoms with Crippen molar-refractivity contribution in [2.24, 2.45) is 5.73 Å². The second-order valence-corrected chi connectivity index (χ2v) is 11.2. The van der Waals surface area contributed by atoms with Crippen molar-refractivity contribution >= 4 is 40.4 Å². The highest BCUT2D eigenvalue weighted by atomic mass is 32.1. The van der Waals surface area contributed by atoms with Crippen LogP contribution < -0.4 is 26.4 Å². The zero-order valence-electron chi connectivity index (χ0n) is 24.9. The fourth-order valence-electron chi connectivity index (χ4n) is 5.01. The van der Waals surface area contributed by atoms with Crippen molar-refractivity contribution in [3.05, 3.63) is 129 Å². The number of rotatable bonds is 12. The lowest BCUT2D eigenvalue weighted by atomic mass is 9.92. The van der Waals surface area contributed by atoms with Crippen molar-refractivity contribution in [2.45, 2.75) is 26.9 Å². The first-order valence-corrected chi connectivity index (χ1v) is 15.2. The maximum Gasteiger partial charge on any atom is 0.284 e. The third-order valence-electron chi connectivity index (χ3n) is 7.39. The highest BCUT2D eigenvalue weighted by Crippen LogP contribution is 2.36. The molecule has 3 amide bonds. The summed E-state index contributed by atoms with van der Waals surface area (Å²) in [5.41, 5.74) is 12.8. The van der Waals surface area contributed by atoms with E-state index in [4.69, 9.17) is 10.5 Å². The minimum absolute atomic E-state index is 0.0897. The Kier molecular flexibility index (Phi) is 9.86. The van der Waals surface area contributed by atoms with Crippen LogP contribution in [0, 0.1) is 13.8 Å². The summed E-state index contributed by atoms with van der Waals surface area (Å²) in [7, 11) is 0. The molecule has 0 spiro atoms. The van der Waals surface area contributed by atoms with Gasteiger partial charge in [0.2, 0.25) is 0 Å². The normalized spacial score (nSPS) is 10.6. The minimum atomic E-state index is -0.549. The van der Waals surface area contributed by atoms with E-state index >= 15 is 0 Å². The summed E-state index contributed by atoms with van der Waals surface area (Å²) in [6, 6.07) is 26.2. The van der Waals surface area contributed by atoms with Gasteiger partial charge in [0.05, 0.1) is 11.3 Å². The summed E-state index contributed by atoms with van der Waals surface area (Å²) < 4.78 is 5.55. The molecule has 0 saturated carbocycles. The number of amides is 3. The number of hydrogen-bond donors (Lipinski definition) is 4. The molecule has 45 heavy (non-hydrogen) atoms. The fraction of sp³-hybridized carbons (Fsp3) is 0.143. The predicted molar refractivity (Wildman–Crippen MR) is 177 cm³/mol. The Labute approximate surface area is 265 Å². The SMILES string of the molecule is Cc1c(NC(=O)c2nccs2)cccc1-c1ccc(C(N)=O)c(NCc2ccccc2CNC(=O)COc2ccccc2)c1C. The first-order chi connectivity index (χ1) is 21.8. The van der Waals surface area contributed by atoms with Crippen molar-refractivity contribution in [1.82, 2.24) is 10.3 Å². The van der Waals surface area contributed by atoms with Gasteiger partial charge in [-0.1, -0.05) is 60.7 Å². The Balaban J connectivity index is 1.33. The van der Waals surface area contributed by atoms with Crippen LogP contribution in [0.3, 0.4) is 0 Å². The third kappa shape index (κ3) is 7.54. The summed E-state index contributed by atoms with van der Waals surface area (Å²) in [6.07, 6.45) is 1.59. The second kappa shape index (κ2) is 14.3. The maximum absolute atomic E-state index is 12.7. The van der Waals surface area contributed by atoms with E-state index in [2.05, 4.69) is 20.9 Å². The maximum atomic E-state index is 12.7. The van der Waals surface area contributed by atoms with E-state index in [1.54, 1.807) is 29.8 Å². The number of thiazole rings is 1. The average molecular weight is 620 g/mol. The van der Waals surface area contributed by atoms with Gasteiger partial charge in [-0.05, 0) is 71.5 Å². The molecule has 0 saturated heterocycles. The molecule has 1 aromatic heterocycles. The number of nitrogens with two attached hydrogens (primary N) is 1. The van der Waals surface area contributed by atoms with Crippen LogP contribution in [-0.2, 0) is 17.9 Å². The van der Waals surface area contributed by atoms with Gasteiger partial charge in [-0.15, -0.1) is 11.3 Å². The van der Waals surface area contributed by atoms with Crippen LogP contribution in [0.15, 0.2) is 96.5 Å². The fourth-order valence-corrected chi connectivity index (χ4v) is 5.54. The van der Waals surface area contributed by atoms with Gasteiger partial charge in [0.25, 0.3) is 17.7 Å². The lowest BCUT2D eigenvalue weighted by Crippen LogP contribution is -2.28. The minimum Gasteiger partial charge on any atom is -0.484 e. The third-order valence-corrected chi connectivity index (χ3v) is 8.16. The van der Waals surface area contributed by atoms with Gasteiger partial charge in [0.15, 0.2) is 11.6 Å². The smallest absolute Gasteiger partial charge is 0.284 e. The standard InChI is InChI=1S/C35H33N5O4S/c1-22-27(13-8-14-30(22)40-34(43)35-37-17-18-45-35)28-15-16-29(33(36)42)32(23(28)2)39-20-25-10-7-6-9-24(25)19-38-31(41)21-44-26-11-4-3-5-12-26/h3-18,39H,19-21H2,1-2H3,(H2,36,42)(H,38,41)(H,40,43). The van der Waals surface area contributed by atoms with Crippen LogP contribution in [0.4, 0.5) is 11.4 Å². The Morgan fingerprint density at radius 3 is 2.24 bits per heavy atom. The highest BCUT2D eigenvalue weighted by molar-refractivity contribution is 7.11. The molecular formula is C35H33N5O4S. The molecule has 0 radical (unpaired) electrons. The van der Waals surface area contributed by atoms with E-state index in [-0.39, 0.29) is 18.4 Å². The number of nitrogens with zero attached hydrogens (tertiary/aromatic N) is 1. The molecule has 5 rings (SSSR count). The van der Waals surface area contributed by atoms with Crippen molar-refractivity contribution in [2.75, 3.05) is 17.2 Å². The molecule has 5 aromatic rings. The monoisotopic (exact) mass is 619 g/mol. The van der Waals surface area contributed by atoms with Gasteiger partial charge in [-0.25, -0.2) is 4.98 Å². The number of hydrogen-bond acceptors (Lipinski definition) is 7. The largest absolute Gasteiger partial charge is 0.484 e. The van der Waals surface area contributed by atoms with Crippen LogP contribution >= 0.6 is 11.3 Å². The summed E-state index contributed by atoms with van der Waals surface area (Å²) in [4.78, 5) is 41.7. The van der Waals surface area contributed by atoms with Crippen LogP contribution in [-0.4, -0.2) is 29.3 Å². The van der Waals surface area contributed by atoms with Crippen molar-refractivity contribution in [3.63, 3.8) is 0 Å². The van der Waals surface area contributed by atoms with E-state index < -0.39 is 5.91 Å². The van der Waals surface area contributed by atoms with Crippen molar-refractivity contribution in [1.29, 1.82) is 0 Å². The number of ether oxygens (including phenoxy) is 1. The molecule has 228 valence electrons. The molecule has 0 unspecified atom stereocenters. The zero-order valence-corrected chi connectivity index (χ0v) is 25.7. The molecule has 1 heterocycles. The van der Waals surface area contributed by atoms with Crippen molar-refractivity contribution in [3.8, 4) is 16.9 Å². The lowest BCUT2D eigenvalue weighted by molar-refractivity contribution is -0.123. The predicted octanol–water partition coefficient (Wildman–Crippen LogP) is 6.09. The lowest BCUT2D eigenvalue weighted by Gasteiger charge is -2.20. The van der Waals surface area contributed by atoms with Gasteiger partial charge >= 0.3 is 0 Å². The zero-order chi connectivity index (χ0) is 31.8. The van der Waals surface area contributed by atoms with Crippen LogP contribution in [0.25, 0.3) is 11.1 Å². The molecule has 10 heteroatoms. The molecule has 5 N–H and O–H groups in total. The second-order valence-electron chi connectivity index (χ2n) is 10.3. The molecule has 9 nitrogen and oxygen atoms in total. The van der Waals surface area contributed by atoms with Gasteiger partial charge in [0.1, 0.15) is 5.75 Å². The summed E-state index contributed by atoms with van der Waals surface area (Å²) in [6.45, 7) is 4.49. The average Bonchev–Trinajstić information content (AvgIpc) is 3.60. The Morgan fingerprint density at radius 2 is 1.53 bits per heavy atom. The highest BCUT2D eigenvalue weighted by Gasteiger charge is 2.18. The number of carbonyl (C=O) groups is 3. The Hall–Kier alpha value is -5.48. The molecule has 0 fully saturated rings. The van der Waals surface area contributed by atoms with E-state index in [1.165, 1.54) is 11.3 Å². The molecule has 0 aliphatic heterocycles. The Bertz CT molecular complexity index is 1820. The molecule has 4 aromatic carbocycles. The number of primary amides is 1. The number of carbonyl (C=O) groups excluding carboxylic acids is 3. The topological polar surface area (TPSA) is 135 Å². The summed E-state index contributed by atoms with van der Waals surface area (Å²) in [5.74, 6) is -0.427. The van der Waals surface area contributed by atoms with Gasteiger partial charge in [0, 0.05) is 30.4 Å². The number of para-hydroxylation sites is 1. The van der Waals surface area contributed by atoms with Crippen LogP contribution in [0.5, 0.6) is 5.75 Å². The number of aromatic nitrogens is 1. The molecule has 0 atom stereocenters. The number of anilines is 2.